The monoisotopic (exact) mass is 510 g/mol. The Morgan fingerprint density at radius 1 is 1.26 bits per heavy atom. The molecule has 0 aliphatic carbocycles. The maximum absolute atomic E-state index is 9.84. The minimum absolute atomic E-state index is 0.349. The van der Waals surface area contributed by atoms with Crippen molar-refractivity contribution in [1.29, 1.82) is 5.26 Å². The number of nitrogens with two attached hydrogens (primary N) is 1. The first-order chi connectivity index (χ1) is 18.5. The van der Waals surface area contributed by atoms with Gasteiger partial charge in [-0.05, 0) is 32.6 Å². The SMILES string of the molecule is COc1cc(N2CC[C@@H](N(C)C)C2)c(N)cc1Nc1ncc(C#N)c(-c2cn3c4c(cccc24)OCC3)n1. The highest BCUT2D eigenvalue weighted by Gasteiger charge is 2.26. The second kappa shape index (κ2) is 9.43. The quantitative estimate of drug-likeness (QED) is 0.373. The highest BCUT2D eigenvalue weighted by atomic mass is 16.5. The number of anilines is 4. The molecule has 38 heavy (non-hydrogen) atoms. The number of nitrogen functional groups attached to an aromatic ring is 1. The van der Waals surface area contributed by atoms with Crippen LogP contribution in [0.2, 0.25) is 0 Å². The lowest BCUT2D eigenvalue weighted by molar-refractivity contribution is 0.287. The second-order valence-corrected chi connectivity index (χ2v) is 9.89. The van der Waals surface area contributed by atoms with Gasteiger partial charge in [0, 0.05) is 42.3 Å². The van der Waals surface area contributed by atoms with Crippen LogP contribution in [0.25, 0.3) is 22.2 Å². The van der Waals surface area contributed by atoms with Gasteiger partial charge in [-0.3, -0.25) is 0 Å². The van der Waals surface area contributed by atoms with Crippen molar-refractivity contribution in [3.63, 3.8) is 0 Å². The van der Waals surface area contributed by atoms with Crippen molar-refractivity contribution < 1.29 is 9.47 Å². The van der Waals surface area contributed by atoms with Gasteiger partial charge in [0.05, 0.1) is 53.7 Å². The molecule has 6 rings (SSSR count). The van der Waals surface area contributed by atoms with Gasteiger partial charge >= 0.3 is 0 Å². The van der Waals surface area contributed by atoms with Crippen LogP contribution in [0.1, 0.15) is 12.0 Å². The van der Waals surface area contributed by atoms with Crippen LogP contribution in [-0.4, -0.2) is 66.4 Å². The van der Waals surface area contributed by atoms with E-state index in [-0.39, 0.29) is 0 Å². The molecule has 0 unspecified atom stereocenters. The van der Waals surface area contributed by atoms with Crippen molar-refractivity contribution in [3.8, 4) is 28.8 Å². The minimum Gasteiger partial charge on any atom is -0.494 e. The first-order valence-electron chi connectivity index (χ1n) is 12.6. The molecule has 3 N–H and O–H groups in total. The number of nitrogens with one attached hydrogen (secondary N) is 1. The number of nitriles is 1. The van der Waals surface area contributed by atoms with Gasteiger partial charge in [0.2, 0.25) is 5.95 Å². The van der Waals surface area contributed by atoms with E-state index in [2.05, 4.69) is 44.8 Å². The van der Waals surface area contributed by atoms with E-state index >= 15 is 0 Å². The lowest BCUT2D eigenvalue weighted by atomic mass is 10.1. The van der Waals surface area contributed by atoms with Gasteiger partial charge in [0.1, 0.15) is 24.2 Å². The number of methoxy groups -OCH3 is 1. The molecule has 2 aliphatic heterocycles. The van der Waals surface area contributed by atoms with E-state index in [0.717, 1.165) is 54.0 Å². The third kappa shape index (κ3) is 4.01. The maximum Gasteiger partial charge on any atom is 0.227 e. The fourth-order valence-corrected chi connectivity index (χ4v) is 5.42. The second-order valence-electron chi connectivity index (χ2n) is 9.89. The predicted molar refractivity (Wildman–Crippen MR) is 148 cm³/mol. The summed E-state index contributed by atoms with van der Waals surface area (Å²) >= 11 is 0. The fraction of sp³-hybridized carbons (Fsp3) is 0.321. The van der Waals surface area contributed by atoms with E-state index in [1.807, 2.05) is 36.5 Å². The lowest BCUT2D eigenvalue weighted by Crippen LogP contribution is -2.31. The van der Waals surface area contributed by atoms with Crippen molar-refractivity contribution in [2.45, 2.75) is 19.0 Å². The fourth-order valence-electron chi connectivity index (χ4n) is 5.42. The first-order valence-corrected chi connectivity index (χ1v) is 12.6. The highest BCUT2D eigenvalue weighted by Crippen LogP contribution is 2.40. The molecule has 10 heteroatoms. The standard InChI is InChI=1S/C28H30N8O2/c1-34(2)18-7-8-35(15-18)23-12-25(37-3)22(11-21(23)30)32-28-31-14-17(13-29)26(33-28)20-16-36-9-10-38-24-6-4-5-19(20)27(24)36/h4-6,11-12,14,16,18H,7-10,15,30H2,1-3H3,(H,31,32,33)/t18-/m1/s1. The molecule has 1 fully saturated rings. The molecule has 10 nitrogen and oxygen atoms in total. The van der Waals surface area contributed by atoms with Gasteiger partial charge in [-0.2, -0.15) is 5.26 Å². The molecule has 0 radical (unpaired) electrons. The molecular formula is C28H30N8O2. The molecule has 1 atom stereocenters. The molecule has 2 aromatic carbocycles. The van der Waals surface area contributed by atoms with Gasteiger partial charge in [0.15, 0.2) is 0 Å². The minimum atomic E-state index is 0.349. The van der Waals surface area contributed by atoms with E-state index in [1.54, 1.807) is 13.3 Å². The summed E-state index contributed by atoms with van der Waals surface area (Å²) in [6, 6.07) is 12.5. The van der Waals surface area contributed by atoms with E-state index in [0.29, 0.717) is 47.0 Å². The van der Waals surface area contributed by atoms with Crippen LogP contribution in [0.4, 0.5) is 23.0 Å². The van der Waals surface area contributed by atoms with Crippen LogP contribution in [0.3, 0.4) is 0 Å². The summed E-state index contributed by atoms with van der Waals surface area (Å²) < 4.78 is 13.7. The third-order valence-corrected chi connectivity index (χ3v) is 7.45. The summed E-state index contributed by atoms with van der Waals surface area (Å²) in [7, 11) is 5.85. The number of benzene rings is 2. The Morgan fingerprint density at radius 3 is 2.89 bits per heavy atom. The topological polar surface area (TPSA) is 117 Å². The number of nitrogens with zero attached hydrogens (tertiary/aromatic N) is 6. The van der Waals surface area contributed by atoms with E-state index < -0.39 is 0 Å². The zero-order valence-corrected chi connectivity index (χ0v) is 21.7. The molecule has 4 heterocycles. The summed E-state index contributed by atoms with van der Waals surface area (Å²) in [5.74, 6) is 1.82. The number of hydrogen-bond acceptors (Lipinski definition) is 9. The van der Waals surface area contributed by atoms with Gasteiger partial charge in [-0.25, -0.2) is 9.97 Å². The van der Waals surface area contributed by atoms with E-state index in [4.69, 9.17) is 20.2 Å². The van der Waals surface area contributed by atoms with Crippen LogP contribution >= 0.6 is 0 Å². The molecule has 0 amide bonds. The Labute approximate surface area is 221 Å². The molecule has 0 saturated carbocycles. The average molecular weight is 511 g/mol. The smallest absolute Gasteiger partial charge is 0.227 e. The zero-order valence-electron chi connectivity index (χ0n) is 21.7. The Bertz CT molecular complexity index is 1570. The number of aromatic nitrogens is 3. The van der Waals surface area contributed by atoms with Crippen molar-refractivity contribution in [3.05, 3.63) is 48.3 Å². The summed E-state index contributed by atoms with van der Waals surface area (Å²) in [6.07, 6.45) is 4.67. The molecule has 0 spiro atoms. The number of rotatable bonds is 6. The van der Waals surface area contributed by atoms with Crippen molar-refractivity contribution in [2.24, 2.45) is 0 Å². The summed E-state index contributed by atoms with van der Waals surface area (Å²) in [5, 5.41) is 14.1. The number of ether oxygens (including phenoxy) is 2. The lowest BCUT2D eigenvalue weighted by Gasteiger charge is -2.24. The van der Waals surface area contributed by atoms with Crippen LogP contribution in [-0.2, 0) is 6.54 Å². The highest BCUT2D eigenvalue weighted by molar-refractivity contribution is 5.99. The van der Waals surface area contributed by atoms with Crippen LogP contribution in [0, 0.1) is 11.3 Å². The van der Waals surface area contributed by atoms with Crippen LogP contribution in [0.15, 0.2) is 42.7 Å². The number of para-hydroxylation sites is 1. The molecule has 4 aromatic rings. The third-order valence-electron chi connectivity index (χ3n) is 7.45. The Kier molecular flexibility index (Phi) is 5.93. The van der Waals surface area contributed by atoms with Crippen molar-refractivity contribution >= 4 is 33.9 Å². The number of likely N-dealkylation sites (N-methyl/N-ethyl adjacent to an activating group) is 1. The Hall–Kier alpha value is -4.49. The molecule has 0 bridgehead atoms. The molecule has 2 aliphatic rings. The molecular weight excluding hydrogens is 480 g/mol. The van der Waals surface area contributed by atoms with Crippen LogP contribution in [0.5, 0.6) is 11.5 Å². The average Bonchev–Trinajstić information content (AvgIpc) is 3.56. The molecule has 2 aromatic heterocycles. The largest absolute Gasteiger partial charge is 0.494 e. The first kappa shape index (κ1) is 23.9. The maximum atomic E-state index is 9.84. The molecule has 194 valence electrons. The van der Waals surface area contributed by atoms with E-state index in [9.17, 15) is 5.26 Å². The van der Waals surface area contributed by atoms with Gasteiger partial charge in [-0.1, -0.05) is 12.1 Å². The van der Waals surface area contributed by atoms with Crippen LogP contribution < -0.4 is 25.4 Å². The van der Waals surface area contributed by atoms with Gasteiger partial charge in [0.25, 0.3) is 0 Å². The summed E-state index contributed by atoms with van der Waals surface area (Å²) in [6.45, 7) is 3.19. The van der Waals surface area contributed by atoms with Gasteiger partial charge < -0.3 is 34.9 Å². The summed E-state index contributed by atoms with van der Waals surface area (Å²) in [5.41, 5.74) is 11.6. The Balaban J connectivity index is 1.36. The predicted octanol–water partition coefficient (Wildman–Crippen LogP) is 3.84. The van der Waals surface area contributed by atoms with Gasteiger partial charge in [-0.15, -0.1) is 0 Å². The zero-order chi connectivity index (χ0) is 26.4. The van der Waals surface area contributed by atoms with Crippen molar-refractivity contribution in [1.82, 2.24) is 19.4 Å². The van der Waals surface area contributed by atoms with Crippen molar-refractivity contribution in [2.75, 3.05) is 56.9 Å². The number of hydrogen-bond donors (Lipinski definition) is 2. The molecule has 1 saturated heterocycles. The summed E-state index contributed by atoms with van der Waals surface area (Å²) in [4.78, 5) is 13.7. The Morgan fingerprint density at radius 2 is 2.13 bits per heavy atom. The normalized spacial score (nSPS) is 16.5. The van der Waals surface area contributed by atoms with E-state index in [1.165, 1.54) is 0 Å².